The first-order valence-corrected chi connectivity index (χ1v) is 6.50. The third-order valence-electron chi connectivity index (χ3n) is 3.16. The van der Waals surface area contributed by atoms with Gasteiger partial charge in [-0.2, -0.15) is 0 Å². The molecule has 0 aliphatic rings. The molecule has 0 radical (unpaired) electrons. The number of aromatic nitrogens is 1. The second-order valence-electron chi connectivity index (χ2n) is 4.43. The van der Waals surface area contributed by atoms with Crippen molar-refractivity contribution in [2.45, 2.75) is 58.3 Å². The first kappa shape index (κ1) is 13.0. The summed E-state index contributed by atoms with van der Waals surface area (Å²) in [5.74, 6) is 0.540. The van der Waals surface area contributed by atoms with Gasteiger partial charge < -0.3 is 5.73 Å². The summed E-state index contributed by atoms with van der Waals surface area (Å²) in [6.45, 7) is 4.46. The summed E-state index contributed by atoms with van der Waals surface area (Å²) in [6.07, 6.45) is 9.46. The Balaban J connectivity index is 2.51. The molecule has 1 atom stereocenters. The molecule has 90 valence electrons. The van der Waals surface area contributed by atoms with Gasteiger partial charge in [0.15, 0.2) is 0 Å². The normalized spacial score (nSPS) is 12.6. The summed E-state index contributed by atoms with van der Waals surface area (Å²) in [5.41, 5.74) is 7.92. The number of unbranched alkanes of at least 4 members (excludes halogenated alkanes) is 3. The van der Waals surface area contributed by atoms with Crippen LogP contribution in [0.2, 0.25) is 0 Å². The monoisotopic (exact) mass is 220 g/mol. The maximum absolute atomic E-state index is 5.96. The number of nitrogens with two attached hydrogens (primary N) is 1. The largest absolute Gasteiger partial charge is 0.397 e. The maximum Gasteiger partial charge on any atom is 0.0663 e. The summed E-state index contributed by atoms with van der Waals surface area (Å²) in [5, 5.41) is 0. The van der Waals surface area contributed by atoms with Gasteiger partial charge in [0.25, 0.3) is 0 Å². The lowest BCUT2D eigenvalue weighted by Gasteiger charge is -2.15. The van der Waals surface area contributed by atoms with Crippen LogP contribution in [-0.4, -0.2) is 4.98 Å². The van der Waals surface area contributed by atoms with E-state index in [1.807, 2.05) is 18.3 Å². The van der Waals surface area contributed by atoms with Crippen LogP contribution < -0.4 is 5.73 Å². The van der Waals surface area contributed by atoms with E-state index in [2.05, 4.69) is 18.8 Å². The molecule has 16 heavy (non-hydrogen) atoms. The van der Waals surface area contributed by atoms with Crippen LogP contribution in [0.3, 0.4) is 0 Å². The summed E-state index contributed by atoms with van der Waals surface area (Å²) in [4.78, 5) is 4.42. The molecule has 1 unspecified atom stereocenters. The Hall–Kier alpha value is -1.05. The Morgan fingerprint density at radius 3 is 2.69 bits per heavy atom. The van der Waals surface area contributed by atoms with E-state index in [-0.39, 0.29) is 0 Å². The Kier molecular flexibility index (Phi) is 5.91. The number of rotatable bonds is 7. The predicted molar refractivity (Wildman–Crippen MR) is 70.4 cm³/mol. The molecule has 1 aromatic rings. The van der Waals surface area contributed by atoms with E-state index < -0.39 is 0 Å². The van der Waals surface area contributed by atoms with Crippen LogP contribution in [0.1, 0.15) is 64.0 Å². The summed E-state index contributed by atoms with van der Waals surface area (Å²) < 4.78 is 0. The highest BCUT2D eigenvalue weighted by atomic mass is 14.7. The lowest BCUT2D eigenvalue weighted by molar-refractivity contribution is 0.535. The average Bonchev–Trinajstić information content (AvgIpc) is 2.31. The van der Waals surface area contributed by atoms with Crippen molar-refractivity contribution in [2.24, 2.45) is 0 Å². The van der Waals surface area contributed by atoms with E-state index in [1.165, 1.54) is 32.1 Å². The molecule has 1 aromatic heterocycles. The minimum atomic E-state index is 0.540. The molecule has 0 aromatic carbocycles. The molecule has 1 rings (SSSR count). The quantitative estimate of drug-likeness (QED) is 0.702. The van der Waals surface area contributed by atoms with Crippen LogP contribution in [0.4, 0.5) is 5.69 Å². The Bertz CT molecular complexity index is 297. The fourth-order valence-electron chi connectivity index (χ4n) is 2.12. The van der Waals surface area contributed by atoms with Crippen LogP contribution in [0.25, 0.3) is 0 Å². The summed E-state index contributed by atoms with van der Waals surface area (Å²) in [7, 11) is 0. The fourth-order valence-corrected chi connectivity index (χ4v) is 2.12. The molecule has 0 bridgehead atoms. The number of pyridine rings is 1. The van der Waals surface area contributed by atoms with Crippen molar-refractivity contribution >= 4 is 5.69 Å². The van der Waals surface area contributed by atoms with Crippen LogP contribution in [0, 0.1) is 0 Å². The molecule has 2 heteroatoms. The van der Waals surface area contributed by atoms with E-state index in [4.69, 9.17) is 5.73 Å². The zero-order valence-electron chi connectivity index (χ0n) is 10.6. The molecular formula is C14H24N2. The van der Waals surface area contributed by atoms with Gasteiger partial charge in [0, 0.05) is 12.1 Å². The number of anilines is 1. The van der Waals surface area contributed by atoms with E-state index in [1.54, 1.807) is 0 Å². The third-order valence-corrected chi connectivity index (χ3v) is 3.16. The van der Waals surface area contributed by atoms with Gasteiger partial charge in [-0.15, -0.1) is 0 Å². The fraction of sp³-hybridized carbons (Fsp3) is 0.643. The van der Waals surface area contributed by atoms with E-state index in [0.29, 0.717) is 5.92 Å². The molecule has 1 heterocycles. The first-order valence-electron chi connectivity index (χ1n) is 6.50. The van der Waals surface area contributed by atoms with Crippen molar-refractivity contribution in [3.05, 3.63) is 24.0 Å². The lowest BCUT2D eigenvalue weighted by Crippen LogP contribution is -2.04. The highest BCUT2D eigenvalue weighted by Gasteiger charge is 2.12. The zero-order valence-corrected chi connectivity index (χ0v) is 10.6. The van der Waals surface area contributed by atoms with Crippen LogP contribution in [0.5, 0.6) is 0 Å². The highest BCUT2D eigenvalue weighted by Crippen LogP contribution is 2.27. The second kappa shape index (κ2) is 7.26. The average molecular weight is 220 g/mol. The van der Waals surface area contributed by atoms with E-state index in [0.717, 1.165) is 17.8 Å². The smallest absolute Gasteiger partial charge is 0.0663 e. The lowest BCUT2D eigenvalue weighted by atomic mass is 9.93. The molecule has 0 spiro atoms. The minimum Gasteiger partial charge on any atom is -0.397 e. The van der Waals surface area contributed by atoms with Crippen molar-refractivity contribution in [3.63, 3.8) is 0 Å². The second-order valence-corrected chi connectivity index (χ2v) is 4.43. The SMILES string of the molecule is CCCCCCC(CC)c1ncccc1N. The van der Waals surface area contributed by atoms with Crippen molar-refractivity contribution < 1.29 is 0 Å². The zero-order chi connectivity index (χ0) is 11.8. The van der Waals surface area contributed by atoms with Gasteiger partial charge in [-0.05, 0) is 25.0 Å². The minimum absolute atomic E-state index is 0.540. The van der Waals surface area contributed by atoms with Crippen molar-refractivity contribution in [1.82, 2.24) is 4.98 Å². The summed E-state index contributed by atoms with van der Waals surface area (Å²) in [6, 6.07) is 3.86. The molecule has 2 nitrogen and oxygen atoms in total. The molecule has 0 aliphatic carbocycles. The number of nitrogens with zero attached hydrogens (tertiary/aromatic N) is 1. The molecular weight excluding hydrogens is 196 g/mol. The van der Waals surface area contributed by atoms with Gasteiger partial charge in [-0.3, -0.25) is 4.98 Å². The van der Waals surface area contributed by atoms with E-state index >= 15 is 0 Å². The highest BCUT2D eigenvalue weighted by molar-refractivity contribution is 5.43. The molecule has 0 saturated heterocycles. The van der Waals surface area contributed by atoms with Crippen LogP contribution in [-0.2, 0) is 0 Å². The standard InChI is InChI=1S/C14H24N2/c1-3-5-6-7-9-12(4-2)14-13(15)10-8-11-16-14/h8,10-12H,3-7,9,15H2,1-2H3. The Morgan fingerprint density at radius 2 is 2.06 bits per heavy atom. The van der Waals surface area contributed by atoms with Crippen molar-refractivity contribution in [1.29, 1.82) is 0 Å². The van der Waals surface area contributed by atoms with Gasteiger partial charge >= 0.3 is 0 Å². The van der Waals surface area contributed by atoms with Crippen LogP contribution >= 0.6 is 0 Å². The van der Waals surface area contributed by atoms with Crippen molar-refractivity contribution in [2.75, 3.05) is 5.73 Å². The Labute approximate surface area is 99.3 Å². The summed E-state index contributed by atoms with van der Waals surface area (Å²) >= 11 is 0. The van der Waals surface area contributed by atoms with E-state index in [9.17, 15) is 0 Å². The van der Waals surface area contributed by atoms with Gasteiger partial charge in [0.05, 0.1) is 11.4 Å². The van der Waals surface area contributed by atoms with Gasteiger partial charge in [-0.25, -0.2) is 0 Å². The molecule has 2 N–H and O–H groups in total. The first-order chi connectivity index (χ1) is 7.79. The van der Waals surface area contributed by atoms with Crippen molar-refractivity contribution in [3.8, 4) is 0 Å². The number of hydrogen-bond donors (Lipinski definition) is 1. The van der Waals surface area contributed by atoms with Gasteiger partial charge in [-0.1, -0.05) is 39.5 Å². The maximum atomic E-state index is 5.96. The molecule has 0 fully saturated rings. The van der Waals surface area contributed by atoms with Gasteiger partial charge in [0.2, 0.25) is 0 Å². The predicted octanol–water partition coefficient (Wildman–Crippen LogP) is 4.13. The number of hydrogen-bond acceptors (Lipinski definition) is 2. The molecule has 0 saturated carbocycles. The molecule has 0 aliphatic heterocycles. The molecule has 0 amide bonds. The van der Waals surface area contributed by atoms with Gasteiger partial charge in [0.1, 0.15) is 0 Å². The topological polar surface area (TPSA) is 38.9 Å². The van der Waals surface area contributed by atoms with Crippen LogP contribution in [0.15, 0.2) is 18.3 Å². The third kappa shape index (κ3) is 3.84. The number of nitrogen functional groups attached to an aromatic ring is 1. The Morgan fingerprint density at radius 1 is 1.25 bits per heavy atom.